The first kappa shape index (κ1) is 14.5. The number of urea groups is 1. The summed E-state index contributed by atoms with van der Waals surface area (Å²) in [5.41, 5.74) is 0. The minimum absolute atomic E-state index is 0.111. The predicted molar refractivity (Wildman–Crippen MR) is 68.6 cm³/mol. The van der Waals surface area contributed by atoms with Crippen LogP contribution in [0.15, 0.2) is 0 Å². The molecule has 6 heteroatoms. The second-order valence-corrected chi connectivity index (χ2v) is 5.27. The van der Waals surface area contributed by atoms with Gasteiger partial charge in [0.2, 0.25) is 0 Å². The number of halogens is 1. The lowest BCUT2D eigenvalue weighted by Crippen LogP contribution is -2.51. The molecule has 2 rings (SSSR count). The van der Waals surface area contributed by atoms with E-state index in [4.69, 9.17) is 9.47 Å². The zero-order valence-electron chi connectivity index (χ0n) is 11.5. The molecule has 19 heavy (non-hydrogen) atoms. The molecule has 2 aliphatic rings. The van der Waals surface area contributed by atoms with Gasteiger partial charge >= 0.3 is 6.03 Å². The molecule has 0 unspecified atom stereocenters. The molecule has 0 aromatic carbocycles. The largest absolute Gasteiger partial charge is 0.347 e. The van der Waals surface area contributed by atoms with Gasteiger partial charge in [0, 0.05) is 25.6 Å². The predicted octanol–water partition coefficient (Wildman–Crippen LogP) is 1.53. The van der Waals surface area contributed by atoms with E-state index in [-0.39, 0.29) is 11.9 Å². The van der Waals surface area contributed by atoms with Crippen molar-refractivity contribution in [3.8, 4) is 0 Å². The van der Waals surface area contributed by atoms with Gasteiger partial charge in [-0.3, -0.25) is 4.39 Å². The third-order valence-corrected chi connectivity index (χ3v) is 3.90. The maximum atomic E-state index is 12.0. The number of nitrogens with zero attached hydrogens (tertiary/aromatic N) is 1. The second kappa shape index (κ2) is 6.52. The van der Waals surface area contributed by atoms with Crippen molar-refractivity contribution >= 4 is 6.03 Å². The van der Waals surface area contributed by atoms with E-state index in [2.05, 4.69) is 5.32 Å². The Kier molecular flexibility index (Phi) is 4.99. The zero-order chi connectivity index (χ0) is 13.7. The number of ether oxygens (including phenoxy) is 2. The van der Waals surface area contributed by atoms with Gasteiger partial charge in [-0.15, -0.1) is 0 Å². The number of nitrogens with one attached hydrogen (secondary N) is 1. The van der Waals surface area contributed by atoms with Crippen LogP contribution in [0.4, 0.5) is 9.18 Å². The number of rotatable bonds is 4. The van der Waals surface area contributed by atoms with Crippen molar-refractivity contribution in [2.45, 2.75) is 32.0 Å². The maximum Gasteiger partial charge on any atom is 0.317 e. The molecule has 0 aromatic rings. The topological polar surface area (TPSA) is 50.8 Å². The summed E-state index contributed by atoms with van der Waals surface area (Å²) in [5.74, 6) is -0.353. The molecule has 5 nitrogen and oxygen atoms in total. The lowest BCUT2D eigenvalue weighted by molar-refractivity contribution is -0.189. The van der Waals surface area contributed by atoms with Gasteiger partial charge in [0.15, 0.2) is 5.79 Å². The molecular formula is C13H23FN2O3. The summed E-state index contributed by atoms with van der Waals surface area (Å²) >= 11 is 0. The first-order chi connectivity index (χ1) is 9.15. The van der Waals surface area contributed by atoms with E-state index in [9.17, 15) is 9.18 Å². The number of likely N-dealkylation sites (tertiary alicyclic amines) is 1. The number of piperidine rings is 1. The molecule has 2 saturated heterocycles. The standard InChI is InChI=1S/C13H23FN2O3/c1-13(18-8-9-19-13)11-4-2-7-16(10-11)12(17)15-6-3-5-14/h11H,2-10H2,1H3,(H,15,17)/t11-/m1/s1. The molecule has 2 heterocycles. The molecule has 0 saturated carbocycles. The van der Waals surface area contributed by atoms with Gasteiger partial charge in [-0.2, -0.15) is 0 Å². The van der Waals surface area contributed by atoms with E-state index in [1.54, 1.807) is 4.90 Å². The van der Waals surface area contributed by atoms with Crippen LogP contribution in [-0.4, -0.2) is 56.2 Å². The molecule has 2 fully saturated rings. The molecule has 1 N–H and O–H groups in total. The van der Waals surface area contributed by atoms with Gasteiger partial charge in [0.1, 0.15) is 0 Å². The monoisotopic (exact) mass is 274 g/mol. The third kappa shape index (κ3) is 3.57. The summed E-state index contributed by atoms with van der Waals surface area (Å²) in [5, 5.41) is 2.74. The Labute approximate surface area is 113 Å². The van der Waals surface area contributed by atoms with Gasteiger partial charge in [-0.25, -0.2) is 4.79 Å². The van der Waals surface area contributed by atoms with Crippen molar-refractivity contribution in [2.75, 3.05) is 39.5 Å². The Morgan fingerprint density at radius 2 is 2.21 bits per heavy atom. The molecule has 0 aromatic heterocycles. The molecule has 1 atom stereocenters. The summed E-state index contributed by atoms with van der Waals surface area (Å²) in [6.07, 6.45) is 2.32. The van der Waals surface area contributed by atoms with Crippen LogP contribution in [0.2, 0.25) is 0 Å². The van der Waals surface area contributed by atoms with Gasteiger partial charge in [0.25, 0.3) is 0 Å². The van der Waals surface area contributed by atoms with E-state index >= 15 is 0 Å². The van der Waals surface area contributed by atoms with Crippen molar-refractivity contribution < 1.29 is 18.7 Å². The third-order valence-electron chi connectivity index (χ3n) is 3.90. The van der Waals surface area contributed by atoms with E-state index in [1.807, 2.05) is 6.92 Å². The maximum absolute atomic E-state index is 12.0. The van der Waals surface area contributed by atoms with Crippen LogP contribution in [0.25, 0.3) is 0 Å². The van der Waals surface area contributed by atoms with Crippen molar-refractivity contribution in [1.82, 2.24) is 10.2 Å². The van der Waals surface area contributed by atoms with Crippen LogP contribution >= 0.6 is 0 Å². The lowest BCUT2D eigenvalue weighted by atomic mass is 9.90. The molecule has 2 amide bonds. The summed E-state index contributed by atoms with van der Waals surface area (Å²) in [6.45, 7) is 4.57. The number of carbonyl (C=O) groups is 1. The Morgan fingerprint density at radius 1 is 1.47 bits per heavy atom. The second-order valence-electron chi connectivity index (χ2n) is 5.27. The van der Waals surface area contributed by atoms with Crippen molar-refractivity contribution in [1.29, 1.82) is 0 Å². The molecule has 110 valence electrons. The molecular weight excluding hydrogens is 251 g/mol. The Morgan fingerprint density at radius 3 is 2.89 bits per heavy atom. The molecule has 2 aliphatic heterocycles. The number of amides is 2. The fourth-order valence-electron chi connectivity index (χ4n) is 2.73. The quantitative estimate of drug-likeness (QED) is 0.791. The lowest BCUT2D eigenvalue weighted by Gasteiger charge is -2.39. The average molecular weight is 274 g/mol. The zero-order valence-corrected chi connectivity index (χ0v) is 11.5. The van der Waals surface area contributed by atoms with Crippen molar-refractivity contribution in [2.24, 2.45) is 5.92 Å². The van der Waals surface area contributed by atoms with Gasteiger partial charge in [-0.05, 0) is 26.2 Å². The number of hydrogen-bond donors (Lipinski definition) is 1. The minimum Gasteiger partial charge on any atom is -0.347 e. The highest BCUT2D eigenvalue weighted by Crippen LogP contribution is 2.33. The number of hydrogen-bond acceptors (Lipinski definition) is 3. The van der Waals surface area contributed by atoms with Crippen LogP contribution in [0.1, 0.15) is 26.2 Å². The molecule has 0 radical (unpaired) electrons. The molecule has 0 aliphatic carbocycles. The first-order valence-corrected chi connectivity index (χ1v) is 7.02. The summed E-state index contributed by atoms with van der Waals surface area (Å²) in [7, 11) is 0. The van der Waals surface area contributed by atoms with Gasteiger partial charge < -0.3 is 19.7 Å². The minimum atomic E-state index is -0.558. The Balaban J connectivity index is 1.84. The highest BCUT2D eigenvalue weighted by molar-refractivity contribution is 5.74. The first-order valence-electron chi connectivity index (χ1n) is 7.02. The smallest absolute Gasteiger partial charge is 0.317 e. The van der Waals surface area contributed by atoms with Gasteiger partial charge in [-0.1, -0.05) is 0 Å². The average Bonchev–Trinajstić information content (AvgIpc) is 2.87. The van der Waals surface area contributed by atoms with Crippen LogP contribution < -0.4 is 5.32 Å². The fourth-order valence-corrected chi connectivity index (χ4v) is 2.73. The van der Waals surface area contributed by atoms with Crippen LogP contribution in [0.3, 0.4) is 0 Å². The van der Waals surface area contributed by atoms with Crippen LogP contribution in [-0.2, 0) is 9.47 Å². The number of carbonyl (C=O) groups excluding carboxylic acids is 1. The van der Waals surface area contributed by atoms with Gasteiger partial charge in [0.05, 0.1) is 19.9 Å². The van der Waals surface area contributed by atoms with E-state index in [0.29, 0.717) is 32.7 Å². The van der Waals surface area contributed by atoms with E-state index < -0.39 is 12.5 Å². The molecule has 0 spiro atoms. The summed E-state index contributed by atoms with van der Waals surface area (Å²) < 4.78 is 23.4. The van der Waals surface area contributed by atoms with E-state index in [0.717, 1.165) is 19.4 Å². The van der Waals surface area contributed by atoms with Crippen LogP contribution in [0.5, 0.6) is 0 Å². The highest BCUT2D eigenvalue weighted by atomic mass is 19.1. The van der Waals surface area contributed by atoms with Crippen molar-refractivity contribution in [3.05, 3.63) is 0 Å². The van der Waals surface area contributed by atoms with Crippen molar-refractivity contribution in [3.63, 3.8) is 0 Å². The normalized spacial score (nSPS) is 26.4. The Hall–Kier alpha value is -0.880. The van der Waals surface area contributed by atoms with Crippen LogP contribution in [0, 0.1) is 5.92 Å². The fraction of sp³-hybridized carbons (Fsp3) is 0.923. The highest BCUT2D eigenvalue weighted by Gasteiger charge is 2.42. The summed E-state index contributed by atoms with van der Waals surface area (Å²) in [4.78, 5) is 13.7. The molecule has 0 bridgehead atoms. The SMILES string of the molecule is CC1([C@@H]2CCCN(C(=O)NCCCF)C2)OCCO1. The Bertz CT molecular complexity index is 308. The number of alkyl halides is 1. The summed E-state index contributed by atoms with van der Waals surface area (Å²) in [6, 6.07) is -0.111. The van der Waals surface area contributed by atoms with E-state index in [1.165, 1.54) is 0 Å².